The van der Waals surface area contributed by atoms with Gasteiger partial charge in [0.1, 0.15) is 0 Å². The Labute approximate surface area is 196 Å². The SMILES string of the molecule is CCNC(=O)C1C(c2cccc(NC(=O)c3cccs3)c2)OC(=O)N1Cc1ccc(C)cc1. The number of ether oxygens (including phenoxy) is 1. The minimum Gasteiger partial charge on any atom is -0.438 e. The van der Waals surface area contributed by atoms with E-state index >= 15 is 0 Å². The Balaban J connectivity index is 1.60. The molecule has 0 aliphatic carbocycles. The smallest absolute Gasteiger partial charge is 0.411 e. The van der Waals surface area contributed by atoms with Crippen molar-refractivity contribution in [3.63, 3.8) is 0 Å². The van der Waals surface area contributed by atoms with Crippen LogP contribution in [0.5, 0.6) is 0 Å². The molecule has 2 unspecified atom stereocenters. The Kier molecular flexibility index (Phi) is 6.74. The number of carbonyl (C=O) groups is 3. The second-order valence-corrected chi connectivity index (χ2v) is 8.76. The van der Waals surface area contributed by atoms with Crippen molar-refractivity contribution in [2.45, 2.75) is 32.5 Å². The molecule has 1 aliphatic rings. The predicted molar refractivity (Wildman–Crippen MR) is 127 cm³/mol. The van der Waals surface area contributed by atoms with Crippen LogP contribution in [0.1, 0.15) is 39.4 Å². The van der Waals surface area contributed by atoms with E-state index < -0.39 is 18.2 Å². The molecule has 2 aromatic carbocycles. The second kappa shape index (κ2) is 9.87. The van der Waals surface area contributed by atoms with Crippen LogP contribution in [0.4, 0.5) is 10.5 Å². The number of cyclic esters (lactones) is 1. The zero-order chi connectivity index (χ0) is 23.4. The van der Waals surface area contributed by atoms with E-state index in [1.54, 1.807) is 30.3 Å². The molecule has 0 bridgehead atoms. The molecule has 1 fully saturated rings. The number of thiophene rings is 1. The molecule has 0 saturated carbocycles. The summed E-state index contributed by atoms with van der Waals surface area (Å²) in [6.45, 7) is 4.51. The zero-order valence-corrected chi connectivity index (χ0v) is 19.2. The first-order valence-electron chi connectivity index (χ1n) is 10.7. The van der Waals surface area contributed by atoms with E-state index in [4.69, 9.17) is 4.74 Å². The third-order valence-corrected chi connectivity index (χ3v) is 6.26. The van der Waals surface area contributed by atoms with Gasteiger partial charge in [0, 0.05) is 12.2 Å². The summed E-state index contributed by atoms with van der Waals surface area (Å²) in [4.78, 5) is 40.3. The molecule has 1 saturated heterocycles. The van der Waals surface area contributed by atoms with Gasteiger partial charge in [-0.1, -0.05) is 48.0 Å². The van der Waals surface area contributed by atoms with Crippen LogP contribution in [0, 0.1) is 6.92 Å². The van der Waals surface area contributed by atoms with Crippen molar-refractivity contribution in [1.82, 2.24) is 10.2 Å². The molecule has 0 radical (unpaired) electrons. The summed E-state index contributed by atoms with van der Waals surface area (Å²) >= 11 is 1.35. The molecule has 1 aliphatic heterocycles. The van der Waals surface area contributed by atoms with Gasteiger partial charge in [0.2, 0.25) is 5.91 Å². The van der Waals surface area contributed by atoms with E-state index in [1.807, 2.05) is 49.6 Å². The maximum Gasteiger partial charge on any atom is 0.411 e. The molecule has 3 aromatic rings. The van der Waals surface area contributed by atoms with E-state index in [2.05, 4.69) is 10.6 Å². The number of amides is 3. The Hall–Kier alpha value is -3.65. The first-order valence-corrected chi connectivity index (χ1v) is 11.6. The van der Waals surface area contributed by atoms with E-state index in [0.717, 1.165) is 11.1 Å². The normalized spacial score (nSPS) is 17.5. The fraction of sp³-hybridized carbons (Fsp3) is 0.240. The molecule has 7 nitrogen and oxygen atoms in total. The van der Waals surface area contributed by atoms with E-state index in [9.17, 15) is 14.4 Å². The van der Waals surface area contributed by atoms with E-state index in [0.29, 0.717) is 22.7 Å². The number of hydrogen-bond acceptors (Lipinski definition) is 5. The Morgan fingerprint density at radius 1 is 1.09 bits per heavy atom. The highest BCUT2D eigenvalue weighted by Crippen LogP contribution is 2.35. The van der Waals surface area contributed by atoms with E-state index in [1.165, 1.54) is 16.2 Å². The van der Waals surface area contributed by atoms with Crippen molar-refractivity contribution in [1.29, 1.82) is 0 Å². The number of nitrogens with one attached hydrogen (secondary N) is 2. The molecular weight excluding hydrogens is 438 g/mol. The standard InChI is InChI=1S/C25H25N3O4S/c1-3-26-24(30)21-22(32-25(31)28(21)15-17-11-9-16(2)10-12-17)18-6-4-7-19(14-18)27-23(29)20-8-5-13-33-20/h4-14,21-22H,3,15H2,1-2H3,(H,26,30)(H,27,29). The number of benzene rings is 2. The lowest BCUT2D eigenvalue weighted by Gasteiger charge is -2.24. The number of likely N-dealkylation sites (N-methyl/N-ethyl adjacent to an activating group) is 1. The number of hydrogen-bond donors (Lipinski definition) is 2. The quantitative estimate of drug-likeness (QED) is 0.540. The molecule has 8 heteroatoms. The highest BCUT2D eigenvalue weighted by Gasteiger charge is 2.46. The van der Waals surface area contributed by atoms with Gasteiger partial charge in [0.15, 0.2) is 12.1 Å². The van der Waals surface area contributed by atoms with Gasteiger partial charge in [-0.25, -0.2) is 4.79 Å². The Morgan fingerprint density at radius 2 is 1.88 bits per heavy atom. The van der Waals surface area contributed by atoms with Gasteiger partial charge >= 0.3 is 6.09 Å². The third-order valence-electron chi connectivity index (χ3n) is 5.40. The van der Waals surface area contributed by atoms with Crippen molar-refractivity contribution >= 4 is 34.9 Å². The predicted octanol–water partition coefficient (Wildman–Crippen LogP) is 4.51. The molecule has 2 atom stereocenters. The monoisotopic (exact) mass is 463 g/mol. The summed E-state index contributed by atoms with van der Waals surface area (Å²) in [6, 6.07) is 17.6. The first-order chi connectivity index (χ1) is 16.0. The summed E-state index contributed by atoms with van der Waals surface area (Å²) in [7, 11) is 0. The van der Waals surface area contributed by atoms with Crippen LogP contribution in [-0.4, -0.2) is 35.4 Å². The molecule has 3 amide bonds. The maximum absolute atomic E-state index is 13.0. The van der Waals surface area contributed by atoms with E-state index in [-0.39, 0.29) is 18.4 Å². The maximum atomic E-state index is 13.0. The minimum atomic E-state index is -0.831. The van der Waals surface area contributed by atoms with Gasteiger partial charge < -0.3 is 15.4 Å². The Morgan fingerprint density at radius 3 is 2.58 bits per heavy atom. The lowest BCUT2D eigenvalue weighted by Crippen LogP contribution is -2.46. The van der Waals surface area contributed by atoms with Crippen LogP contribution in [0.2, 0.25) is 0 Å². The van der Waals surface area contributed by atoms with Crippen molar-refractivity contribution in [3.8, 4) is 0 Å². The zero-order valence-electron chi connectivity index (χ0n) is 18.4. The minimum absolute atomic E-state index is 0.216. The molecular formula is C25H25N3O4S. The molecule has 2 heterocycles. The molecule has 2 N–H and O–H groups in total. The summed E-state index contributed by atoms with van der Waals surface area (Å²) in [6.07, 6.45) is -1.35. The van der Waals surface area contributed by atoms with Crippen molar-refractivity contribution in [3.05, 3.63) is 87.6 Å². The number of carbonyl (C=O) groups excluding carboxylic acids is 3. The van der Waals surface area contributed by atoms with Crippen LogP contribution < -0.4 is 10.6 Å². The summed E-state index contributed by atoms with van der Waals surface area (Å²) in [5.74, 6) is -0.500. The highest BCUT2D eigenvalue weighted by molar-refractivity contribution is 7.12. The lowest BCUT2D eigenvalue weighted by molar-refractivity contribution is -0.126. The largest absolute Gasteiger partial charge is 0.438 e. The van der Waals surface area contributed by atoms with Gasteiger partial charge in [-0.3, -0.25) is 14.5 Å². The van der Waals surface area contributed by atoms with Crippen LogP contribution in [0.25, 0.3) is 0 Å². The second-order valence-electron chi connectivity index (χ2n) is 7.81. The fourth-order valence-electron chi connectivity index (χ4n) is 3.77. The van der Waals surface area contributed by atoms with Gasteiger partial charge in [-0.2, -0.15) is 0 Å². The van der Waals surface area contributed by atoms with Crippen LogP contribution in [0.3, 0.4) is 0 Å². The first kappa shape index (κ1) is 22.5. The van der Waals surface area contributed by atoms with Crippen molar-refractivity contribution in [2.75, 3.05) is 11.9 Å². The van der Waals surface area contributed by atoms with Crippen molar-refractivity contribution in [2.24, 2.45) is 0 Å². The molecule has 170 valence electrons. The number of anilines is 1. The topological polar surface area (TPSA) is 87.7 Å². The lowest BCUT2D eigenvalue weighted by atomic mass is 10.00. The summed E-state index contributed by atoms with van der Waals surface area (Å²) < 4.78 is 5.68. The fourth-order valence-corrected chi connectivity index (χ4v) is 4.39. The van der Waals surface area contributed by atoms with Gasteiger partial charge in [0.25, 0.3) is 5.91 Å². The van der Waals surface area contributed by atoms with Gasteiger partial charge in [0.05, 0.1) is 11.4 Å². The Bertz CT molecular complexity index is 1140. The number of aryl methyl sites for hydroxylation is 1. The number of nitrogens with zero attached hydrogens (tertiary/aromatic N) is 1. The average molecular weight is 464 g/mol. The average Bonchev–Trinajstić information content (AvgIpc) is 3.45. The molecule has 1 aromatic heterocycles. The third kappa shape index (κ3) is 5.06. The van der Waals surface area contributed by atoms with Gasteiger partial charge in [-0.15, -0.1) is 11.3 Å². The van der Waals surface area contributed by atoms with Crippen LogP contribution in [-0.2, 0) is 16.1 Å². The molecule has 33 heavy (non-hydrogen) atoms. The summed E-state index contributed by atoms with van der Waals surface area (Å²) in [5, 5.41) is 7.51. The van der Waals surface area contributed by atoms with Crippen LogP contribution >= 0.6 is 11.3 Å². The van der Waals surface area contributed by atoms with Crippen LogP contribution in [0.15, 0.2) is 66.0 Å². The summed E-state index contributed by atoms with van der Waals surface area (Å²) in [5.41, 5.74) is 3.22. The number of rotatable bonds is 7. The highest BCUT2D eigenvalue weighted by atomic mass is 32.1. The molecule has 4 rings (SSSR count). The molecule has 0 spiro atoms. The van der Waals surface area contributed by atoms with Gasteiger partial charge in [-0.05, 0) is 48.6 Å². The van der Waals surface area contributed by atoms with Crippen molar-refractivity contribution < 1.29 is 19.1 Å².